The normalized spacial score (nSPS) is 17.5. The highest BCUT2D eigenvalue weighted by Crippen LogP contribution is 2.31. The lowest BCUT2D eigenvalue weighted by molar-refractivity contribution is 0.0442. The number of rotatable bonds is 3. The van der Waals surface area contributed by atoms with Crippen molar-refractivity contribution in [2.45, 2.75) is 25.9 Å². The van der Waals surface area contributed by atoms with Gasteiger partial charge in [-0.25, -0.2) is 0 Å². The van der Waals surface area contributed by atoms with Crippen LogP contribution < -0.4 is 0 Å². The maximum Gasteiger partial charge on any atom is 0.289 e. The largest absolute Gasteiger partial charge is 0.456 e. The Bertz CT molecular complexity index is 627. The van der Waals surface area contributed by atoms with Gasteiger partial charge in [-0.3, -0.25) is 4.79 Å². The van der Waals surface area contributed by atoms with Crippen LogP contribution in [0.15, 0.2) is 46.9 Å². The summed E-state index contributed by atoms with van der Waals surface area (Å²) in [6.07, 6.45) is 1.16. The smallest absolute Gasteiger partial charge is 0.289 e. The summed E-state index contributed by atoms with van der Waals surface area (Å²) in [7, 11) is 0. The molecule has 1 N–H and O–H groups in total. The highest BCUT2D eigenvalue weighted by Gasteiger charge is 2.29. The van der Waals surface area contributed by atoms with E-state index in [9.17, 15) is 9.90 Å². The number of amides is 1. The third kappa shape index (κ3) is 3.07. The average molecular weight is 299 g/mol. The van der Waals surface area contributed by atoms with E-state index in [1.807, 2.05) is 42.2 Å². The number of hydrogen-bond donors (Lipinski definition) is 1. The van der Waals surface area contributed by atoms with E-state index in [1.165, 1.54) is 0 Å². The molecule has 0 radical (unpaired) electrons. The fourth-order valence-corrected chi connectivity index (χ4v) is 3.05. The molecule has 0 saturated carbocycles. The second-order valence-electron chi connectivity index (χ2n) is 5.90. The van der Waals surface area contributed by atoms with Crippen LogP contribution in [0.5, 0.6) is 0 Å². The van der Waals surface area contributed by atoms with E-state index in [4.69, 9.17) is 4.42 Å². The molecule has 1 aliphatic rings. The Labute approximate surface area is 130 Å². The van der Waals surface area contributed by atoms with Crippen molar-refractivity contribution in [1.29, 1.82) is 0 Å². The highest BCUT2D eigenvalue weighted by atomic mass is 16.3. The Hall–Kier alpha value is -2.07. The van der Waals surface area contributed by atoms with Gasteiger partial charge >= 0.3 is 0 Å². The van der Waals surface area contributed by atoms with Crippen molar-refractivity contribution in [2.24, 2.45) is 5.92 Å². The summed E-state index contributed by atoms with van der Waals surface area (Å²) >= 11 is 0. The number of benzene rings is 1. The number of hydrogen-bond acceptors (Lipinski definition) is 3. The maximum absolute atomic E-state index is 12.3. The number of likely N-dealkylation sites (tertiary alicyclic amines) is 1. The zero-order valence-electron chi connectivity index (χ0n) is 12.7. The molecule has 1 fully saturated rings. The summed E-state index contributed by atoms with van der Waals surface area (Å²) in [6, 6.07) is 13.3. The predicted molar refractivity (Wildman–Crippen MR) is 83.5 cm³/mol. The first-order chi connectivity index (χ1) is 10.6. The standard InChI is InChI=1S/C18H21NO3/c1-13-7-8-16(22-13)18(21)19-11-9-15(10-12-19)17(20)14-5-3-2-4-6-14/h2-8,15,17,20H,9-12H2,1H3. The molecule has 0 spiro atoms. The Morgan fingerprint density at radius 2 is 1.86 bits per heavy atom. The van der Waals surface area contributed by atoms with Gasteiger partial charge in [-0.2, -0.15) is 0 Å². The van der Waals surface area contributed by atoms with Gasteiger partial charge in [0.15, 0.2) is 5.76 Å². The summed E-state index contributed by atoms with van der Waals surface area (Å²) in [4.78, 5) is 14.1. The van der Waals surface area contributed by atoms with Crippen molar-refractivity contribution in [1.82, 2.24) is 4.90 Å². The lowest BCUT2D eigenvalue weighted by Gasteiger charge is -2.34. The lowest BCUT2D eigenvalue weighted by atomic mass is 9.87. The number of piperidine rings is 1. The van der Waals surface area contributed by atoms with Gasteiger partial charge in [0.2, 0.25) is 0 Å². The third-order valence-corrected chi connectivity index (χ3v) is 4.37. The van der Waals surface area contributed by atoms with E-state index < -0.39 is 6.10 Å². The Balaban J connectivity index is 1.59. The molecule has 22 heavy (non-hydrogen) atoms. The molecule has 0 bridgehead atoms. The number of aryl methyl sites for hydroxylation is 1. The van der Waals surface area contributed by atoms with E-state index in [-0.39, 0.29) is 11.8 Å². The van der Waals surface area contributed by atoms with Gasteiger partial charge in [0.05, 0.1) is 6.10 Å². The van der Waals surface area contributed by atoms with Crippen LogP contribution in [0.1, 0.15) is 40.8 Å². The molecule has 1 saturated heterocycles. The summed E-state index contributed by atoms with van der Waals surface area (Å²) < 4.78 is 5.40. The zero-order chi connectivity index (χ0) is 15.5. The predicted octanol–water partition coefficient (Wildman–Crippen LogP) is 3.17. The summed E-state index contributed by atoms with van der Waals surface area (Å²) in [5, 5.41) is 10.5. The van der Waals surface area contributed by atoms with Crippen molar-refractivity contribution in [3.05, 3.63) is 59.5 Å². The maximum atomic E-state index is 12.3. The van der Waals surface area contributed by atoms with Gasteiger partial charge in [0, 0.05) is 13.1 Å². The molecule has 1 unspecified atom stereocenters. The van der Waals surface area contributed by atoms with E-state index in [2.05, 4.69) is 0 Å². The molecule has 3 rings (SSSR count). The first kappa shape index (κ1) is 14.9. The van der Waals surface area contributed by atoms with E-state index >= 15 is 0 Å². The molecule has 2 aromatic rings. The SMILES string of the molecule is Cc1ccc(C(=O)N2CCC(C(O)c3ccccc3)CC2)o1. The van der Waals surface area contributed by atoms with Crippen LogP contribution in [-0.2, 0) is 0 Å². The van der Waals surface area contributed by atoms with Gasteiger partial charge < -0.3 is 14.4 Å². The van der Waals surface area contributed by atoms with Crippen molar-refractivity contribution >= 4 is 5.91 Å². The topological polar surface area (TPSA) is 53.7 Å². The molecular weight excluding hydrogens is 278 g/mol. The number of nitrogens with zero attached hydrogens (tertiary/aromatic N) is 1. The van der Waals surface area contributed by atoms with Crippen molar-refractivity contribution in [2.75, 3.05) is 13.1 Å². The summed E-state index contributed by atoms with van der Waals surface area (Å²) in [5.41, 5.74) is 0.953. The van der Waals surface area contributed by atoms with Crippen LogP contribution in [0.2, 0.25) is 0 Å². The van der Waals surface area contributed by atoms with Crippen LogP contribution >= 0.6 is 0 Å². The quantitative estimate of drug-likeness (QED) is 0.947. The van der Waals surface area contributed by atoms with Crippen LogP contribution in [0.25, 0.3) is 0 Å². The van der Waals surface area contributed by atoms with Gasteiger partial charge in [0.1, 0.15) is 5.76 Å². The van der Waals surface area contributed by atoms with E-state index in [0.717, 1.165) is 24.2 Å². The van der Waals surface area contributed by atoms with Crippen LogP contribution in [-0.4, -0.2) is 29.0 Å². The second-order valence-corrected chi connectivity index (χ2v) is 5.90. The van der Waals surface area contributed by atoms with Gasteiger partial charge in [0.25, 0.3) is 5.91 Å². The van der Waals surface area contributed by atoms with Crippen LogP contribution in [0.4, 0.5) is 0 Å². The molecule has 1 atom stereocenters. The number of carbonyl (C=O) groups excluding carboxylic acids is 1. The molecular formula is C18H21NO3. The van der Waals surface area contributed by atoms with Gasteiger partial charge in [-0.1, -0.05) is 30.3 Å². The fourth-order valence-electron chi connectivity index (χ4n) is 3.05. The number of furan rings is 1. The lowest BCUT2D eigenvalue weighted by Crippen LogP contribution is -2.39. The van der Waals surface area contributed by atoms with Gasteiger partial charge in [-0.15, -0.1) is 0 Å². The van der Waals surface area contributed by atoms with Crippen molar-refractivity contribution in [3.63, 3.8) is 0 Å². The van der Waals surface area contributed by atoms with E-state index in [0.29, 0.717) is 18.8 Å². The third-order valence-electron chi connectivity index (χ3n) is 4.37. The number of aliphatic hydroxyl groups excluding tert-OH is 1. The minimum Gasteiger partial charge on any atom is -0.456 e. The summed E-state index contributed by atoms with van der Waals surface area (Å²) in [6.45, 7) is 3.15. The van der Waals surface area contributed by atoms with Crippen molar-refractivity contribution in [3.8, 4) is 0 Å². The molecule has 1 aliphatic heterocycles. The van der Waals surface area contributed by atoms with Crippen LogP contribution in [0, 0.1) is 12.8 Å². The van der Waals surface area contributed by atoms with Gasteiger partial charge in [-0.05, 0) is 43.4 Å². The number of aliphatic hydroxyl groups is 1. The molecule has 1 amide bonds. The highest BCUT2D eigenvalue weighted by molar-refractivity contribution is 5.91. The number of carbonyl (C=O) groups is 1. The minimum atomic E-state index is -0.454. The monoisotopic (exact) mass is 299 g/mol. The Morgan fingerprint density at radius 1 is 1.18 bits per heavy atom. The summed E-state index contributed by atoms with van der Waals surface area (Å²) in [5.74, 6) is 1.29. The minimum absolute atomic E-state index is 0.0549. The molecule has 4 nitrogen and oxygen atoms in total. The molecule has 4 heteroatoms. The van der Waals surface area contributed by atoms with E-state index in [1.54, 1.807) is 12.1 Å². The molecule has 1 aromatic heterocycles. The average Bonchev–Trinajstić information content (AvgIpc) is 3.01. The first-order valence-electron chi connectivity index (χ1n) is 7.74. The second kappa shape index (κ2) is 6.36. The molecule has 0 aliphatic carbocycles. The molecule has 2 heterocycles. The fraction of sp³-hybridized carbons (Fsp3) is 0.389. The Morgan fingerprint density at radius 3 is 2.45 bits per heavy atom. The molecule has 116 valence electrons. The Kier molecular flexibility index (Phi) is 4.29. The van der Waals surface area contributed by atoms with Crippen molar-refractivity contribution < 1.29 is 14.3 Å². The van der Waals surface area contributed by atoms with Crippen LogP contribution in [0.3, 0.4) is 0 Å². The zero-order valence-corrected chi connectivity index (χ0v) is 12.7. The first-order valence-corrected chi connectivity index (χ1v) is 7.74. The molecule has 1 aromatic carbocycles.